The molecule has 0 aliphatic carbocycles. The van der Waals surface area contributed by atoms with Crippen LogP contribution in [-0.2, 0) is 0 Å². The quantitative estimate of drug-likeness (QED) is 0.642. The summed E-state index contributed by atoms with van der Waals surface area (Å²) in [6.45, 7) is 4.14. The van der Waals surface area contributed by atoms with E-state index in [9.17, 15) is 0 Å². The molecule has 0 aliphatic heterocycles. The molecule has 0 spiro atoms. The van der Waals surface area contributed by atoms with E-state index in [1.165, 1.54) is 16.0 Å². The van der Waals surface area contributed by atoms with Gasteiger partial charge in [0.1, 0.15) is 0 Å². The molecule has 1 unspecified atom stereocenters. The van der Waals surface area contributed by atoms with Crippen molar-refractivity contribution in [2.75, 3.05) is 0 Å². The van der Waals surface area contributed by atoms with Crippen molar-refractivity contribution in [2.45, 2.75) is 18.7 Å². The van der Waals surface area contributed by atoms with Gasteiger partial charge in [-0.25, -0.2) is 0 Å². The molecule has 0 nitrogen and oxygen atoms in total. The molecule has 16 heavy (non-hydrogen) atoms. The van der Waals surface area contributed by atoms with E-state index in [0.29, 0.717) is 0 Å². The van der Waals surface area contributed by atoms with Crippen LogP contribution >= 0.6 is 38.9 Å². The molecule has 0 N–H and O–H groups in total. The van der Waals surface area contributed by atoms with Crippen LogP contribution in [-0.4, -0.2) is 0 Å². The maximum Gasteiger partial charge on any atom is 0.0960 e. The summed E-state index contributed by atoms with van der Waals surface area (Å²) >= 11 is 11.4. The van der Waals surface area contributed by atoms with Gasteiger partial charge in [0.15, 0.2) is 0 Å². The second kappa shape index (κ2) is 4.91. The van der Waals surface area contributed by atoms with Crippen molar-refractivity contribution < 1.29 is 0 Å². The Labute approximate surface area is 113 Å². The summed E-state index contributed by atoms with van der Waals surface area (Å²) in [5.74, 6) is 0. The fourth-order valence-electron chi connectivity index (χ4n) is 1.51. The van der Waals surface area contributed by atoms with E-state index in [1.807, 2.05) is 6.92 Å². The summed E-state index contributed by atoms with van der Waals surface area (Å²) in [4.78, 5) is 1.50. The van der Waals surface area contributed by atoms with Crippen molar-refractivity contribution in [1.82, 2.24) is 0 Å². The molecule has 84 valence electrons. The van der Waals surface area contributed by atoms with E-state index in [0.717, 1.165) is 9.90 Å². The van der Waals surface area contributed by atoms with Gasteiger partial charge in [-0.3, -0.25) is 0 Å². The van der Waals surface area contributed by atoms with Crippen molar-refractivity contribution in [3.63, 3.8) is 0 Å². The molecule has 0 amide bonds. The number of hydrogen-bond donors (Lipinski definition) is 0. The molecule has 1 heterocycles. The van der Waals surface area contributed by atoms with Crippen LogP contribution in [0.3, 0.4) is 0 Å². The van der Waals surface area contributed by atoms with Gasteiger partial charge in [0.05, 0.1) is 9.16 Å². The third-order valence-electron chi connectivity index (χ3n) is 2.50. The summed E-state index contributed by atoms with van der Waals surface area (Å²) in [6, 6.07) is 10.7. The lowest BCUT2D eigenvalue weighted by atomic mass is 10.1. The van der Waals surface area contributed by atoms with Crippen LogP contribution in [0.2, 0.25) is 4.34 Å². The largest absolute Gasteiger partial charge is 0.127 e. The van der Waals surface area contributed by atoms with E-state index < -0.39 is 0 Å². The van der Waals surface area contributed by atoms with Gasteiger partial charge in [0.25, 0.3) is 0 Å². The third-order valence-corrected chi connectivity index (χ3v) is 5.44. The van der Waals surface area contributed by atoms with Crippen molar-refractivity contribution >= 4 is 38.9 Å². The Morgan fingerprint density at radius 1 is 1.19 bits per heavy atom. The van der Waals surface area contributed by atoms with Crippen LogP contribution in [0.25, 0.3) is 0 Å². The Kier molecular flexibility index (Phi) is 3.73. The Bertz CT molecular complexity index is 468. The Morgan fingerprint density at radius 2 is 1.81 bits per heavy atom. The minimum Gasteiger partial charge on any atom is -0.127 e. The number of halogens is 2. The predicted octanol–water partition coefficient (Wildman–Crippen LogP) is 5.50. The van der Waals surface area contributed by atoms with Gasteiger partial charge in [0, 0.05) is 4.88 Å². The van der Waals surface area contributed by atoms with Crippen LogP contribution in [0.1, 0.15) is 26.4 Å². The van der Waals surface area contributed by atoms with Gasteiger partial charge < -0.3 is 0 Å². The second-order valence-corrected chi connectivity index (χ2v) is 6.48. The number of benzene rings is 1. The highest BCUT2D eigenvalue weighted by Gasteiger charge is 2.14. The summed E-state index contributed by atoms with van der Waals surface area (Å²) < 4.78 is 0.881. The van der Waals surface area contributed by atoms with Crippen LogP contribution in [0.4, 0.5) is 0 Å². The lowest BCUT2D eigenvalue weighted by molar-refractivity contribution is 1.21. The smallest absolute Gasteiger partial charge is 0.0960 e. The number of rotatable bonds is 2. The fourth-order valence-corrected chi connectivity index (χ4v) is 3.45. The van der Waals surface area contributed by atoms with Crippen LogP contribution in [0, 0.1) is 13.8 Å². The molecule has 0 saturated heterocycles. The molecule has 1 aromatic carbocycles. The van der Waals surface area contributed by atoms with E-state index in [2.05, 4.69) is 53.2 Å². The molecule has 0 saturated carbocycles. The number of hydrogen-bond acceptors (Lipinski definition) is 1. The number of alkyl halides is 1. The third kappa shape index (κ3) is 2.50. The fraction of sp³-hybridized carbons (Fsp3) is 0.231. The number of aryl methyl sites for hydroxylation is 2. The average molecular weight is 316 g/mol. The van der Waals surface area contributed by atoms with Crippen molar-refractivity contribution in [1.29, 1.82) is 0 Å². The highest BCUT2D eigenvalue weighted by atomic mass is 79.9. The zero-order valence-electron chi connectivity index (χ0n) is 9.13. The van der Waals surface area contributed by atoms with Crippen LogP contribution < -0.4 is 0 Å². The minimum atomic E-state index is 0.240. The van der Waals surface area contributed by atoms with E-state index >= 15 is 0 Å². The molecule has 2 rings (SSSR count). The Balaban J connectivity index is 2.31. The highest BCUT2D eigenvalue weighted by Crippen LogP contribution is 2.38. The zero-order valence-corrected chi connectivity index (χ0v) is 12.3. The summed E-state index contributed by atoms with van der Waals surface area (Å²) in [5.41, 5.74) is 3.70. The average Bonchev–Trinajstić information content (AvgIpc) is 2.59. The molecule has 0 radical (unpaired) electrons. The van der Waals surface area contributed by atoms with E-state index in [-0.39, 0.29) is 4.83 Å². The van der Waals surface area contributed by atoms with E-state index in [4.69, 9.17) is 11.6 Å². The maximum absolute atomic E-state index is 6.08. The number of thiophene rings is 1. The first-order valence-electron chi connectivity index (χ1n) is 5.04. The SMILES string of the molecule is Cc1ccc(C(Br)c2cc(C)c(Cl)s2)cc1. The molecular formula is C13H12BrClS. The topological polar surface area (TPSA) is 0 Å². The molecule has 1 atom stereocenters. The monoisotopic (exact) mass is 314 g/mol. The maximum atomic E-state index is 6.08. The molecule has 0 aliphatic rings. The molecule has 1 aromatic heterocycles. The second-order valence-electron chi connectivity index (χ2n) is 3.88. The molecule has 0 fully saturated rings. The summed E-state index contributed by atoms with van der Waals surface area (Å²) in [7, 11) is 0. The predicted molar refractivity (Wildman–Crippen MR) is 76.0 cm³/mol. The molecule has 3 heteroatoms. The van der Waals surface area contributed by atoms with Gasteiger partial charge in [0.2, 0.25) is 0 Å². The molecular weight excluding hydrogens is 304 g/mol. The highest BCUT2D eigenvalue weighted by molar-refractivity contribution is 9.09. The lowest BCUT2D eigenvalue weighted by Crippen LogP contribution is -1.89. The summed E-state index contributed by atoms with van der Waals surface area (Å²) in [6.07, 6.45) is 0. The first-order valence-corrected chi connectivity index (χ1v) is 7.15. The lowest BCUT2D eigenvalue weighted by Gasteiger charge is -2.07. The minimum absolute atomic E-state index is 0.240. The van der Waals surface area contributed by atoms with Crippen molar-refractivity contribution in [2.24, 2.45) is 0 Å². The van der Waals surface area contributed by atoms with Crippen LogP contribution in [0.5, 0.6) is 0 Å². The first-order chi connectivity index (χ1) is 7.58. The first kappa shape index (κ1) is 12.2. The van der Waals surface area contributed by atoms with E-state index in [1.54, 1.807) is 11.3 Å². The standard InChI is InChI=1S/C13H12BrClS/c1-8-3-5-10(6-4-8)12(14)11-7-9(2)13(15)16-11/h3-7,12H,1-2H3. The van der Waals surface area contributed by atoms with Crippen LogP contribution in [0.15, 0.2) is 30.3 Å². The van der Waals surface area contributed by atoms with Gasteiger partial charge in [-0.05, 0) is 31.0 Å². The van der Waals surface area contributed by atoms with Crippen molar-refractivity contribution in [3.05, 3.63) is 56.2 Å². The normalized spacial score (nSPS) is 12.8. The van der Waals surface area contributed by atoms with Gasteiger partial charge in [-0.2, -0.15) is 0 Å². The molecule has 0 bridgehead atoms. The van der Waals surface area contributed by atoms with Gasteiger partial charge in [-0.1, -0.05) is 57.4 Å². The summed E-state index contributed by atoms with van der Waals surface area (Å²) in [5, 5.41) is 0. The zero-order chi connectivity index (χ0) is 11.7. The Morgan fingerprint density at radius 3 is 2.31 bits per heavy atom. The van der Waals surface area contributed by atoms with Gasteiger partial charge >= 0.3 is 0 Å². The Hall–Kier alpha value is -0.310. The van der Waals surface area contributed by atoms with Gasteiger partial charge in [-0.15, -0.1) is 11.3 Å². The molecule has 2 aromatic rings. The van der Waals surface area contributed by atoms with Crippen molar-refractivity contribution in [3.8, 4) is 0 Å².